The van der Waals surface area contributed by atoms with E-state index in [2.05, 4.69) is 10.3 Å². The zero-order chi connectivity index (χ0) is 13.3. The van der Waals surface area contributed by atoms with E-state index in [1.54, 1.807) is 19.1 Å². The molecule has 6 heteroatoms. The Kier molecular flexibility index (Phi) is 3.22. The summed E-state index contributed by atoms with van der Waals surface area (Å²) in [6.45, 7) is 3.15. The van der Waals surface area contributed by atoms with Crippen LogP contribution in [0.3, 0.4) is 0 Å². The first-order valence-corrected chi connectivity index (χ1v) is 5.49. The first kappa shape index (κ1) is 12.4. The van der Waals surface area contributed by atoms with Gasteiger partial charge in [-0.25, -0.2) is 0 Å². The molecule has 0 saturated carbocycles. The van der Waals surface area contributed by atoms with E-state index in [0.717, 1.165) is 5.56 Å². The number of carbonyl (C=O) groups is 2. The fourth-order valence-corrected chi connectivity index (χ4v) is 1.75. The molecule has 2 N–H and O–H groups in total. The van der Waals surface area contributed by atoms with Gasteiger partial charge in [0.1, 0.15) is 11.5 Å². The van der Waals surface area contributed by atoms with E-state index in [1.165, 1.54) is 13.3 Å². The van der Waals surface area contributed by atoms with Gasteiger partial charge in [0.15, 0.2) is 12.0 Å². The zero-order valence-corrected chi connectivity index (χ0v) is 10.1. The fourth-order valence-electron chi connectivity index (χ4n) is 1.75. The highest BCUT2D eigenvalue weighted by Gasteiger charge is 2.18. The zero-order valence-electron chi connectivity index (χ0n) is 10.1. The van der Waals surface area contributed by atoms with Crippen molar-refractivity contribution in [1.82, 2.24) is 0 Å². The van der Waals surface area contributed by atoms with E-state index < -0.39 is 0 Å². The van der Waals surface area contributed by atoms with Crippen LogP contribution >= 0.6 is 0 Å². The molecule has 1 aliphatic rings. The van der Waals surface area contributed by atoms with Crippen LogP contribution in [0.5, 0.6) is 0 Å². The lowest BCUT2D eigenvalue weighted by atomic mass is 10.1. The summed E-state index contributed by atoms with van der Waals surface area (Å²) in [5, 5.41) is 13.9. The van der Waals surface area contributed by atoms with Crippen molar-refractivity contribution in [2.45, 2.75) is 20.3 Å². The predicted molar refractivity (Wildman–Crippen MR) is 67.2 cm³/mol. The maximum atomic E-state index is 11.5. The summed E-state index contributed by atoms with van der Waals surface area (Å²) in [6, 6.07) is 3.33. The number of aryl methyl sites for hydroxylation is 1. The van der Waals surface area contributed by atoms with E-state index >= 15 is 0 Å². The summed E-state index contributed by atoms with van der Waals surface area (Å²) in [5.41, 5.74) is 2.43. The number of fused-ring (bicyclic) bond motifs is 1. The van der Waals surface area contributed by atoms with Crippen LogP contribution in [0, 0.1) is 12.1 Å². The molecule has 94 valence electrons. The Morgan fingerprint density at radius 3 is 2.83 bits per heavy atom. The molecule has 0 fully saturated rings. The van der Waals surface area contributed by atoms with E-state index in [1.807, 2.05) is 0 Å². The molecule has 2 rings (SSSR count). The van der Waals surface area contributed by atoms with Crippen molar-refractivity contribution < 1.29 is 14.7 Å². The predicted octanol–water partition coefficient (Wildman–Crippen LogP) is 0.600. The number of hydroxylamine groups is 1. The highest BCUT2D eigenvalue weighted by atomic mass is 16.5. The van der Waals surface area contributed by atoms with Gasteiger partial charge in [-0.2, -0.15) is 4.99 Å². The van der Waals surface area contributed by atoms with Crippen LogP contribution in [0.25, 0.3) is 0 Å². The van der Waals surface area contributed by atoms with Crippen molar-refractivity contribution >= 4 is 35.1 Å². The molecule has 0 saturated heterocycles. The second-order valence-electron chi connectivity index (χ2n) is 4.23. The molecule has 18 heavy (non-hydrogen) atoms. The minimum absolute atomic E-state index is 0.130. The molecule has 0 aliphatic carbocycles. The summed E-state index contributed by atoms with van der Waals surface area (Å²) in [7, 11) is 0. The van der Waals surface area contributed by atoms with Crippen molar-refractivity contribution in [2.75, 3.05) is 5.32 Å². The average Bonchev–Trinajstić information content (AvgIpc) is 2.60. The van der Waals surface area contributed by atoms with Crippen LogP contribution in [-0.2, 0) is 9.59 Å². The van der Waals surface area contributed by atoms with E-state index in [0.29, 0.717) is 17.1 Å². The summed E-state index contributed by atoms with van der Waals surface area (Å²) >= 11 is 0. The van der Waals surface area contributed by atoms with Gasteiger partial charge in [0.25, 0.3) is 0 Å². The SMILES string of the molecule is CC(=O)CC(=O)Nc1cc2c(cc1C)[NH+]([O-])C=N2. The van der Waals surface area contributed by atoms with E-state index in [-0.39, 0.29) is 23.2 Å². The number of quaternary nitrogens is 1. The van der Waals surface area contributed by atoms with Crippen LogP contribution in [-0.4, -0.2) is 18.0 Å². The number of anilines is 1. The van der Waals surface area contributed by atoms with Gasteiger partial charge in [0.05, 0.1) is 6.42 Å². The molecule has 1 aliphatic heterocycles. The Morgan fingerprint density at radius 1 is 1.44 bits per heavy atom. The molecular weight excluding hydrogens is 234 g/mol. The summed E-state index contributed by atoms with van der Waals surface area (Å²) in [4.78, 5) is 26.3. The molecule has 1 aromatic rings. The van der Waals surface area contributed by atoms with Gasteiger partial charge in [-0.3, -0.25) is 14.7 Å². The third-order valence-corrected chi connectivity index (χ3v) is 2.61. The second kappa shape index (κ2) is 4.67. The summed E-state index contributed by atoms with van der Waals surface area (Å²) < 4.78 is 0. The quantitative estimate of drug-likeness (QED) is 0.605. The van der Waals surface area contributed by atoms with Crippen molar-refractivity contribution in [3.8, 4) is 0 Å². The van der Waals surface area contributed by atoms with Gasteiger partial charge in [0, 0.05) is 11.8 Å². The number of hydrogen-bond donors (Lipinski definition) is 2. The minimum atomic E-state index is -0.362. The third-order valence-electron chi connectivity index (χ3n) is 2.61. The maximum absolute atomic E-state index is 11.5. The highest BCUT2D eigenvalue weighted by molar-refractivity contribution is 6.04. The highest BCUT2D eigenvalue weighted by Crippen LogP contribution is 2.30. The minimum Gasteiger partial charge on any atom is -0.623 e. The van der Waals surface area contributed by atoms with Crippen LogP contribution in [0.1, 0.15) is 18.9 Å². The molecule has 0 aromatic heterocycles. The van der Waals surface area contributed by atoms with Crippen molar-refractivity contribution in [1.29, 1.82) is 0 Å². The van der Waals surface area contributed by atoms with Crippen molar-refractivity contribution in [2.24, 2.45) is 4.99 Å². The number of ketones is 1. The number of aliphatic imine (C=N–C) groups is 1. The van der Waals surface area contributed by atoms with Gasteiger partial charge >= 0.3 is 0 Å². The first-order chi connectivity index (χ1) is 8.47. The molecule has 0 spiro atoms. The number of carbonyl (C=O) groups excluding carboxylic acids is 2. The molecule has 1 heterocycles. The first-order valence-electron chi connectivity index (χ1n) is 5.49. The number of Topliss-reactive ketones (excluding diaryl/α,β-unsaturated/α-hetero) is 1. The lowest BCUT2D eigenvalue weighted by Crippen LogP contribution is -2.99. The lowest BCUT2D eigenvalue weighted by molar-refractivity contribution is -0.655. The van der Waals surface area contributed by atoms with Crippen LogP contribution in [0.4, 0.5) is 17.1 Å². The van der Waals surface area contributed by atoms with Crippen LogP contribution < -0.4 is 10.4 Å². The normalized spacial score (nSPS) is 16.5. The molecule has 0 bridgehead atoms. The van der Waals surface area contributed by atoms with E-state index in [4.69, 9.17) is 0 Å². The number of benzene rings is 1. The van der Waals surface area contributed by atoms with Gasteiger partial charge in [-0.1, -0.05) is 0 Å². The van der Waals surface area contributed by atoms with Crippen molar-refractivity contribution in [3.05, 3.63) is 22.9 Å². The molecule has 1 unspecified atom stereocenters. The molecule has 6 nitrogen and oxygen atoms in total. The Balaban J connectivity index is 2.22. The Labute approximate surface area is 104 Å². The largest absolute Gasteiger partial charge is 0.623 e. The van der Waals surface area contributed by atoms with Gasteiger partial charge in [0.2, 0.25) is 5.91 Å². The molecule has 1 amide bonds. The Bertz CT molecular complexity index is 552. The smallest absolute Gasteiger partial charge is 0.231 e. The third kappa shape index (κ3) is 2.44. The van der Waals surface area contributed by atoms with Gasteiger partial charge in [-0.15, -0.1) is 0 Å². The Hall–Kier alpha value is -2.05. The average molecular weight is 247 g/mol. The lowest BCUT2D eigenvalue weighted by Gasteiger charge is -2.14. The monoisotopic (exact) mass is 247 g/mol. The number of amides is 1. The summed E-state index contributed by atoms with van der Waals surface area (Å²) in [5.74, 6) is -0.557. The second-order valence-corrected chi connectivity index (χ2v) is 4.23. The van der Waals surface area contributed by atoms with Crippen LogP contribution in [0.2, 0.25) is 0 Å². The maximum Gasteiger partial charge on any atom is 0.231 e. The Morgan fingerprint density at radius 2 is 2.17 bits per heavy atom. The van der Waals surface area contributed by atoms with Crippen LogP contribution in [0.15, 0.2) is 17.1 Å². The molecule has 1 atom stereocenters. The van der Waals surface area contributed by atoms with Crippen molar-refractivity contribution in [3.63, 3.8) is 0 Å². The standard InChI is InChI=1S/C12H13N3O3/c1-7-3-11-10(13-6-15(11)18)5-9(7)14-12(17)4-8(2)16/h3,5-6,15H,4H2,1-2H3,(H,14,17). The van der Waals surface area contributed by atoms with Gasteiger partial charge in [-0.05, 0) is 25.5 Å². The number of hydrogen-bond acceptors (Lipinski definition) is 4. The van der Waals surface area contributed by atoms with E-state index in [9.17, 15) is 14.8 Å². The van der Waals surface area contributed by atoms with Gasteiger partial charge < -0.3 is 10.5 Å². The number of nitrogens with zero attached hydrogens (tertiary/aromatic N) is 1. The number of rotatable bonds is 3. The topological polar surface area (TPSA) is 86.0 Å². The summed E-state index contributed by atoms with van der Waals surface area (Å²) in [6.07, 6.45) is 1.10. The number of nitrogens with one attached hydrogen (secondary N) is 2. The molecular formula is C12H13N3O3. The fraction of sp³-hybridized carbons (Fsp3) is 0.250. The molecule has 0 radical (unpaired) electrons. The molecule has 1 aromatic carbocycles.